The number of rotatable bonds is 2. The van der Waals surface area contributed by atoms with Crippen LogP contribution in [0, 0.1) is 0 Å². The Morgan fingerprint density at radius 2 is 0.853 bits per heavy atom. The molecule has 0 nitrogen and oxygen atoms in total. The van der Waals surface area contributed by atoms with Gasteiger partial charge >= 0.3 is 208 Å². The van der Waals surface area contributed by atoms with E-state index in [0.29, 0.717) is 0 Å². The van der Waals surface area contributed by atoms with Crippen molar-refractivity contribution in [3.63, 3.8) is 0 Å². The first-order chi connectivity index (χ1) is 15.1. The molecular weight excluding hydrogens is 551 g/mol. The average molecular weight is 585 g/mol. The topological polar surface area (TPSA) is 0 Å². The van der Waals surface area contributed by atoms with Gasteiger partial charge in [0, 0.05) is 0 Å². The zero-order valence-corrected chi connectivity index (χ0v) is 26.5. The van der Waals surface area contributed by atoms with E-state index in [2.05, 4.69) is 116 Å². The van der Waals surface area contributed by atoms with Crippen molar-refractivity contribution in [1.29, 1.82) is 0 Å². The third-order valence-electron chi connectivity index (χ3n) is 9.66. The molecule has 2 aromatic carbocycles. The molecule has 0 bridgehead atoms. The summed E-state index contributed by atoms with van der Waals surface area (Å²) in [7, 11) is -2.43. The molecule has 2 unspecified atom stereocenters. The minimum atomic E-state index is -2.43. The first-order valence-electron chi connectivity index (χ1n) is 11.8. The minimum Gasteiger partial charge on any atom is -1.00 e. The van der Waals surface area contributed by atoms with Crippen LogP contribution in [0.15, 0.2) is 101 Å². The van der Waals surface area contributed by atoms with E-state index in [1.807, 2.05) is 6.56 Å². The second-order valence-corrected chi connectivity index (χ2v) is 18.1. The van der Waals surface area contributed by atoms with E-state index in [1.54, 1.807) is 43.8 Å². The summed E-state index contributed by atoms with van der Waals surface area (Å²) in [6.45, 7) is 19.9. The van der Waals surface area contributed by atoms with E-state index in [9.17, 15) is 0 Å². The van der Waals surface area contributed by atoms with E-state index in [-0.39, 0.29) is 34.9 Å². The van der Waals surface area contributed by atoms with Crippen molar-refractivity contribution in [1.82, 2.24) is 0 Å². The van der Waals surface area contributed by atoms with Crippen LogP contribution in [0.5, 0.6) is 0 Å². The Labute approximate surface area is 231 Å². The van der Waals surface area contributed by atoms with Gasteiger partial charge in [-0.1, -0.05) is 0 Å². The fourth-order valence-electron chi connectivity index (χ4n) is 7.51. The molecule has 2 aromatic rings. The van der Waals surface area contributed by atoms with E-state index in [4.69, 9.17) is 0 Å². The van der Waals surface area contributed by atoms with Crippen molar-refractivity contribution in [2.75, 3.05) is 0 Å². The van der Waals surface area contributed by atoms with Crippen molar-refractivity contribution in [3.8, 4) is 0 Å². The smallest absolute Gasteiger partial charge is 1.00 e. The summed E-state index contributed by atoms with van der Waals surface area (Å²) in [5.41, 5.74) is 9.63. The van der Waals surface area contributed by atoms with Gasteiger partial charge in [0.15, 0.2) is 0 Å². The number of benzene rings is 2. The molecular formula is C30H34Cl2SiZr. The van der Waals surface area contributed by atoms with Gasteiger partial charge in [-0.3, -0.25) is 0 Å². The van der Waals surface area contributed by atoms with Crippen LogP contribution < -0.4 is 35.2 Å². The molecule has 2 atom stereocenters. The third kappa shape index (κ3) is 2.98. The Bertz CT molecular complexity index is 1170. The van der Waals surface area contributed by atoms with Crippen LogP contribution >= 0.6 is 0 Å². The molecule has 1 saturated heterocycles. The van der Waals surface area contributed by atoms with E-state index in [1.165, 1.54) is 0 Å². The molecule has 0 aromatic heterocycles. The predicted octanol–water partition coefficient (Wildman–Crippen LogP) is 1.12. The van der Waals surface area contributed by atoms with Crippen molar-refractivity contribution in [2.24, 2.45) is 0 Å². The molecule has 0 radical (unpaired) electrons. The van der Waals surface area contributed by atoms with Gasteiger partial charge in [-0.25, -0.2) is 0 Å². The van der Waals surface area contributed by atoms with Crippen molar-refractivity contribution in [3.05, 3.63) is 101 Å². The Morgan fingerprint density at radius 3 is 1.18 bits per heavy atom. The van der Waals surface area contributed by atoms with Crippen LogP contribution in [-0.2, 0) is 23.2 Å². The fourth-order valence-corrected chi connectivity index (χ4v) is 23.3. The quantitative estimate of drug-likeness (QED) is 0.465. The van der Waals surface area contributed by atoms with Gasteiger partial charge in [0.1, 0.15) is 0 Å². The number of hydrogen-bond donors (Lipinski definition) is 0. The van der Waals surface area contributed by atoms with E-state index >= 15 is 0 Å². The fraction of sp³-hybridized carbons (Fsp3) is 0.333. The Kier molecular flexibility index (Phi) is 7.47. The molecule has 176 valence electrons. The number of allylic oxidation sites excluding steroid dienone is 8. The summed E-state index contributed by atoms with van der Waals surface area (Å²) in [6, 6.07) is 23.4. The van der Waals surface area contributed by atoms with Gasteiger partial charge in [-0.2, -0.15) is 0 Å². The molecule has 0 amide bonds. The van der Waals surface area contributed by atoms with E-state index in [0.717, 1.165) is 0 Å². The van der Waals surface area contributed by atoms with Crippen LogP contribution in [-0.4, -0.2) is 8.07 Å². The Balaban J connectivity index is 0.00000162. The molecule has 1 heterocycles. The second-order valence-electron chi connectivity index (χ2n) is 10.4. The normalized spacial score (nSPS) is 26.9. The van der Waals surface area contributed by atoms with Crippen LogP contribution in [0.3, 0.4) is 0 Å². The van der Waals surface area contributed by atoms with Gasteiger partial charge in [0.25, 0.3) is 0 Å². The average Bonchev–Trinajstić information content (AvgIpc) is 3.08. The molecule has 0 spiro atoms. The zero-order valence-electron chi connectivity index (χ0n) is 21.5. The van der Waals surface area contributed by atoms with Gasteiger partial charge in [0.2, 0.25) is 0 Å². The summed E-state index contributed by atoms with van der Waals surface area (Å²) >= 11 is -0.907. The van der Waals surface area contributed by atoms with Crippen LogP contribution in [0.4, 0.5) is 0 Å². The molecule has 3 aliphatic rings. The largest absolute Gasteiger partial charge is 1.00 e. The van der Waals surface area contributed by atoms with Crippen LogP contribution in [0.2, 0.25) is 10.1 Å². The number of fused-ring (bicyclic) bond motifs is 2. The Morgan fingerprint density at radius 1 is 0.529 bits per heavy atom. The maximum absolute atomic E-state index is 2.66. The van der Waals surface area contributed by atoms with Crippen molar-refractivity contribution < 1.29 is 48.0 Å². The molecule has 4 heteroatoms. The van der Waals surface area contributed by atoms with Crippen molar-refractivity contribution in [2.45, 2.75) is 65.5 Å². The SMILES string of the molecule is CC1=C(C)C2(C)[C](=C1C)[Zr+2][C]1=C(C)C(C)=C(C)C1(C)[Si]2(c1ccccc1)c1ccccc1.[Cl-].[Cl-]. The first kappa shape index (κ1) is 27.7. The maximum Gasteiger partial charge on any atom is -1.00 e. The molecule has 34 heavy (non-hydrogen) atoms. The second kappa shape index (κ2) is 9.19. The Hall–Kier alpha value is -0.920. The van der Waals surface area contributed by atoms with E-state index < -0.39 is 31.3 Å². The van der Waals surface area contributed by atoms with Crippen LogP contribution in [0.1, 0.15) is 55.4 Å². The third-order valence-corrected chi connectivity index (χ3v) is 23.1. The molecule has 1 aliphatic heterocycles. The summed E-state index contributed by atoms with van der Waals surface area (Å²) < 4.78 is 3.70. The molecule has 5 rings (SSSR count). The van der Waals surface area contributed by atoms with Gasteiger partial charge in [0.05, 0.1) is 0 Å². The first-order valence-corrected chi connectivity index (χ1v) is 16.3. The minimum absolute atomic E-state index is 0. The summed E-state index contributed by atoms with van der Waals surface area (Å²) in [4.78, 5) is 0. The number of halogens is 2. The molecule has 0 saturated carbocycles. The predicted molar refractivity (Wildman–Crippen MR) is 137 cm³/mol. The monoisotopic (exact) mass is 582 g/mol. The summed E-state index contributed by atoms with van der Waals surface area (Å²) in [5, 5.41) is 3.43. The van der Waals surface area contributed by atoms with Gasteiger partial charge < -0.3 is 24.8 Å². The van der Waals surface area contributed by atoms with Crippen molar-refractivity contribution >= 4 is 18.4 Å². The van der Waals surface area contributed by atoms with Gasteiger partial charge in [-0.15, -0.1) is 0 Å². The summed E-state index contributed by atoms with van der Waals surface area (Å²) in [6.07, 6.45) is 0. The van der Waals surface area contributed by atoms with Crippen LogP contribution in [0.25, 0.3) is 0 Å². The summed E-state index contributed by atoms with van der Waals surface area (Å²) in [5.74, 6) is 0. The number of hydrogen-bond acceptors (Lipinski definition) is 0. The molecule has 0 N–H and O–H groups in total. The standard InChI is InChI=1S/C30H34Si.2ClH.Zr/c1-21-19-29(7,25(5)23(21)3)31(27-15-11-9-12-16-27,28-17-13-10-14-18-28)30(8)20-22(2)24(4)26(30)6;;;/h9-18H,1-8H3;2*1H;/q;;;+2/p-2. The van der Waals surface area contributed by atoms with Gasteiger partial charge in [-0.05, 0) is 0 Å². The molecule has 1 fully saturated rings. The molecule has 2 aliphatic carbocycles. The maximum atomic E-state index is 2.66. The zero-order chi connectivity index (χ0) is 23.1.